The standard InChI is InChI=1S/C25H21NO5/c1-29-24(27)23-14-13-17(31-23)8-6-7-15-26-25(28)30-16-22-20-11-4-2-9-18(20)19-10-3-5-12-21(19)22/h2-5,9-14,22H,7,15-16H2,1H3,(H,26,28). The predicted molar refractivity (Wildman–Crippen MR) is 115 cm³/mol. The summed E-state index contributed by atoms with van der Waals surface area (Å²) >= 11 is 0. The van der Waals surface area contributed by atoms with Gasteiger partial charge in [-0.2, -0.15) is 0 Å². The van der Waals surface area contributed by atoms with Crippen LogP contribution in [0.1, 0.15) is 39.8 Å². The van der Waals surface area contributed by atoms with E-state index in [-0.39, 0.29) is 18.3 Å². The molecule has 0 saturated carbocycles. The molecule has 1 aromatic heterocycles. The van der Waals surface area contributed by atoms with Gasteiger partial charge in [0.2, 0.25) is 5.76 Å². The summed E-state index contributed by atoms with van der Waals surface area (Å²) in [5.74, 6) is 5.63. The lowest BCUT2D eigenvalue weighted by molar-refractivity contribution is 0.0564. The zero-order chi connectivity index (χ0) is 21.6. The molecule has 0 saturated heterocycles. The van der Waals surface area contributed by atoms with E-state index in [4.69, 9.17) is 9.15 Å². The number of carbonyl (C=O) groups is 2. The van der Waals surface area contributed by atoms with Gasteiger partial charge in [0.25, 0.3) is 0 Å². The number of nitrogens with one attached hydrogen (secondary N) is 1. The Morgan fingerprint density at radius 3 is 2.35 bits per heavy atom. The number of amides is 1. The molecule has 1 heterocycles. The Morgan fingerprint density at radius 2 is 1.68 bits per heavy atom. The minimum Gasteiger partial charge on any atom is -0.463 e. The summed E-state index contributed by atoms with van der Waals surface area (Å²) in [6.45, 7) is 0.614. The van der Waals surface area contributed by atoms with Gasteiger partial charge >= 0.3 is 12.1 Å². The van der Waals surface area contributed by atoms with Crippen molar-refractivity contribution in [3.63, 3.8) is 0 Å². The first-order valence-electron chi connectivity index (χ1n) is 9.93. The molecule has 1 N–H and O–H groups in total. The fourth-order valence-electron chi connectivity index (χ4n) is 3.64. The molecule has 0 atom stereocenters. The maximum atomic E-state index is 12.1. The molecule has 1 aliphatic rings. The van der Waals surface area contributed by atoms with Gasteiger partial charge in [0.05, 0.1) is 7.11 Å². The maximum Gasteiger partial charge on any atom is 0.407 e. The van der Waals surface area contributed by atoms with Crippen LogP contribution in [0.4, 0.5) is 4.79 Å². The third-order valence-electron chi connectivity index (χ3n) is 5.07. The number of esters is 1. The first-order chi connectivity index (χ1) is 15.2. The summed E-state index contributed by atoms with van der Waals surface area (Å²) in [5, 5.41) is 2.71. The van der Waals surface area contributed by atoms with Crippen LogP contribution in [0.5, 0.6) is 0 Å². The molecule has 0 bridgehead atoms. The number of carbonyl (C=O) groups excluding carboxylic acids is 2. The van der Waals surface area contributed by atoms with Crippen LogP contribution in [0.25, 0.3) is 11.1 Å². The van der Waals surface area contributed by atoms with Crippen molar-refractivity contribution >= 4 is 12.1 Å². The first-order valence-corrected chi connectivity index (χ1v) is 9.93. The molecule has 6 heteroatoms. The summed E-state index contributed by atoms with van der Waals surface area (Å²) in [6.07, 6.45) is -0.0621. The van der Waals surface area contributed by atoms with Crippen molar-refractivity contribution in [2.45, 2.75) is 12.3 Å². The Hall–Kier alpha value is -3.98. The van der Waals surface area contributed by atoms with Crippen LogP contribution in [0, 0.1) is 11.8 Å². The molecule has 0 spiro atoms. The van der Waals surface area contributed by atoms with Gasteiger partial charge in [0.1, 0.15) is 6.61 Å². The smallest absolute Gasteiger partial charge is 0.407 e. The minimum absolute atomic E-state index is 0.0286. The lowest BCUT2D eigenvalue weighted by atomic mass is 9.98. The summed E-state index contributed by atoms with van der Waals surface area (Å²) < 4.78 is 15.3. The Kier molecular flexibility index (Phi) is 6.04. The predicted octanol–water partition coefficient (Wildman–Crippen LogP) is 4.35. The molecule has 31 heavy (non-hydrogen) atoms. The van der Waals surface area contributed by atoms with Crippen LogP contribution in [0.2, 0.25) is 0 Å². The number of rotatable bonds is 5. The number of benzene rings is 2. The van der Waals surface area contributed by atoms with Gasteiger partial charge in [-0.3, -0.25) is 0 Å². The number of furan rings is 1. The quantitative estimate of drug-likeness (QED) is 0.381. The molecular formula is C25H21NO5. The molecule has 1 amide bonds. The summed E-state index contributed by atoms with van der Waals surface area (Å²) in [4.78, 5) is 23.5. The molecule has 0 radical (unpaired) electrons. The SMILES string of the molecule is COC(=O)c1ccc(C#CCCNC(=O)OCC2c3ccccc3-c3ccccc32)o1. The zero-order valence-corrected chi connectivity index (χ0v) is 17.0. The lowest BCUT2D eigenvalue weighted by Gasteiger charge is -2.14. The summed E-state index contributed by atoms with van der Waals surface area (Å²) in [5.41, 5.74) is 4.73. The molecule has 3 aromatic rings. The van der Waals surface area contributed by atoms with Crippen molar-refractivity contribution in [2.75, 3.05) is 20.3 Å². The van der Waals surface area contributed by atoms with E-state index in [9.17, 15) is 9.59 Å². The Labute approximate surface area is 180 Å². The van der Waals surface area contributed by atoms with E-state index in [1.54, 1.807) is 6.07 Å². The van der Waals surface area contributed by atoms with Crippen molar-refractivity contribution in [3.8, 4) is 23.0 Å². The molecular weight excluding hydrogens is 394 g/mol. The summed E-state index contributed by atoms with van der Waals surface area (Å²) in [7, 11) is 1.28. The highest BCUT2D eigenvalue weighted by molar-refractivity contribution is 5.86. The van der Waals surface area contributed by atoms with Crippen LogP contribution in [-0.2, 0) is 9.47 Å². The fraction of sp³-hybridized carbons (Fsp3) is 0.200. The fourth-order valence-corrected chi connectivity index (χ4v) is 3.64. The topological polar surface area (TPSA) is 77.8 Å². The highest BCUT2D eigenvalue weighted by Crippen LogP contribution is 2.44. The van der Waals surface area contributed by atoms with E-state index in [0.717, 1.165) is 0 Å². The van der Waals surface area contributed by atoms with E-state index in [1.165, 1.54) is 35.4 Å². The Bertz CT molecular complexity index is 1120. The van der Waals surface area contributed by atoms with E-state index >= 15 is 0 Å². The molecule has 4 rings (SSSR count). The van der Waals surface area contributed by atoms with Gasteiger partial charge < -0.3 is 19.2 Å². The molecule has 156 valence electrons. The second-order valence-corrected chi connectivity index (χ2v) is 6.96. The van der Waals surface area contributed by atoms with Crippen molar-refractivity contribution in [1.29, 1.82) is 0 Å². The second-order valence-electron chi connectivity index (χ2n) is 6.96. The van der Waals surface area contributed by atoms with Crippen LogP contribution < -0.4 is 5.32 Å². The maximum absolute atomic E-state index is 12.1. The number of fused-ring (bicyclic) bond motifs is 3. The van der Waals surface area contributed by atoms with Crippen LogP contribution in [0.15, 0.2) is 65.1 Å². The molecule has 0 fully saturated rings. The van der Waals surface area contributed by atoms with Crippen molar-refractivity contribution in [2.24, 2.45) is 0 Å². The normalized spacial score (nSPS) is 11.6. The van der Waals surface area contributed by atoms with E-state index in [0.29, 0.717) is 18.7 Å². The monoisotopic (exact) mass is 415 g/mol. The van der Waals surface area contributed by atoms with Gasteiger partial charge in [-0.1, -0.05) is 54.5 Å². The average Bonchev–Trinajstić information content (AvgIpc) is 3.40. The highest BCUT2D eigenvalue weighted by Gasteiger charge is 2.28. The van der Waals surface area contributed by atoms with Crippen molar-refractivity contribution in [3.05, 3.63) is 83.3 Å². The van der Waals surface area contributed by atoms with E-state index in [1.807, 2.05) is 24.3 Å². The van der Waals surface area contributed by atoms with Gasteiger partial charge in [-0.25, -0.2) is 9.59 Å². The van der Waals surface area contributed by atoms with Crippen LogP contribution in [-0.4, -0.2) is 32.3 Å². The number of methoxy groups -OCH3 is 1. The third-order valence-corrected chi connectivity index (χ3v) is 5.07. The second kappa shape index (κ2) is 9.23. The van der Waals surface area contributed by atoms with E-state index in [2.05, 4.69) is 46.2 Å². The molecule has 0 aliphatic heterocycles. The Balaban J connectivity index is 1.26. The van der Waals surface area contributed by atoms with Crippen LogP contribution >= 0.6 is 0 Å². The average molecular weight is 415 g/mol. The largest absolute Gasteiger partial charge is 0.463 e. The van der Waals surface area contributed by atoms with Gasteiger partial charge in [0, 0.05) is 18.9 Å². The summed E-state index contributed by atoms with van der Waals surface area (Å²) in [6, 6.07) is 19.5. The first kappa shape index (κ1) is 20.3. The highest BCUT2D eigenvalue weighted by atomic mass is 16.5. The Morgan fingerprint density at radius 1 is 1.00 bits per heavy atom. The minimum atomic E-state index is -0.551. The van der Waals surface area contributed by atoms with Gasteiger partial charge in [0.15, 0.2) is 5.76 Å². The zero-order valence-electron chi connectivity index (χ0n) is 17.0. The number of alkyl carbamates (subject to hydrolysis) is 1. The molecule has 1 aliphatic carbocycles. The van der Waals surface area contributed by atoms with Crippen LogP contribution in [0.3, 0.4) is 0 Å². The molecule has 2 aromatic carbocycles. The van der Waals surface area contributed by atoms with Gasteiger partial charge in [-0.05, 0) is 40.3 Å². The molecule has 6 nitrogen and oxygen atoms in total. The number of ether oxygens (including phenoxy) is 2. The molecule has 0 unspecified atom stereocenters. The van der Waals surface area contributed by atoms with Crippen molar-refractivity contribution in [1.82, 2.24) is 5.32 Å². The van der Waals surface area contributed by atoms with Crippen molar-refractivity contribution < 1.29 is 23.5 Å². The third kappa shape index (κ3) is 4.46. The lowest BCUT2D eigenvalue weighted by Crippen LogP contribution is -2.26. The number of hydrogen-bond acceptors (Lipinski definition) is 5. The van der Waals surface area contributed by atoms with Gasteiger partial charge in [-0.15, -0.1) is 0 Å². The van der Waals surface area contributed by atoms with E-state index < -0.39 is 12.1 Å². The number of hydrogen-bond donors (Lipinski definition) is 1.